The van der Waals surface area contributed by atoms with E-state index in [2.05, 4.69) is 15.8 Å². The normalized spacial score (nSPS) is 21.1. The van der Waals surface area contributed by atoms with Crippen LogP contribution in [0, 0.1) is 11.8 Å². The average molecular weight is 661 g/mol. The minimum absolute atomic E-state index is 0.0423. The molecule has 0 spiro atoms. The second kappa shape index (κ2) is 15.7. The molecule has 3 aromatic rings. The van der Waals surface area contributed by atoms with Crippen LogP contribution in [-0.4, -0.2) is 100 Å². The standard InChI is InChI=1S/C32H44N4O9S/c1-21(2)18-36(46(39,40)23-9-10-29-25(16-23)27(35-45-29)17-33-12-14-41-3)19-28(37)26(15-22-7-5-4-6-8-22)34-32(38)44-30-20-43-31-24(30)11-13-42-31/h4-10,16,21,24,26,28,30-31,33,37H,11-15,17-20H2,1-3H3,(H,34,38)/t24-,26-,28+,30-,31+/m0/s1. The fourth-order valence-corrected chi connectivity index (χ4v) is 7.47. The van der Waals surface area contributed by atoms with Gasteiger partial charge in [-0.25, -0.2) is 13.2 Å². The molecule has 0 bridgehead atoms. The number of methoxy groups -OCH3 is 1. The predicted molar refractivity (Wildman–Crippen MR) is 168 cm³/mol. The van der Waals surface area contributed by atoms with Crippen molar-refractivity contribution in [3.63, 3.8) is 0 Å². The maximum Gasteiger partial charge on any atom is 0.407 e. The molecule has 5 rings (SSSR count). The Morgan fingerprint density at radius 1 is 1.15 bits per heavy atom. The van der Waals surface area contributed by atoms with E-state index in [1.807, 2.05) is 44.2 Å². The van der Waals surface area contributed by atoms with Crippen LogP contribution in [0.2, 0.25) is 0 Å². The van der Waals surface area contributed by atoms with E-state index < -0.39 is 34.4 Å². The second-order valence-electron chi connectivity index (χ2n) is 12.1. The van der Waals surface area contributed by atoms with Gasteiger partial charge in [-0.05, 0) is 42.5 Å². The molecule has 252 valence electrons. The van der Waals surface area contributed by atoms with Gasteiger partial charge in [0, 0.05) is 38.7 Å². The lowest BCUT2D eigenvalue weighted by Crippen LogP contribution is -2.51. The van der Waals surface area contributed by atoms with Crippen LogP contribution in [0.25, 0.3) is 11.0 Å². The van der Waals surface area contributed by atoms with Gasteiger partial charge in [-0.2, -0.15) is 4.31 Å². The van der Waals surface area contributed by atoms with Crippen LogP contribution < -0.4 is 10.6 Å². The monoisotopic (exact) mass is 660 g/mol. The highest BCUT2D eigenvalue weighted by Gasteiger charge is 2.44. The number of amides is 1. The van der Waals surface area contributed by atoms with Crippen LogP contribution in [0.15, 0.2) is 57.9 Å². The third kappa shape index (κ3) is 8.42. The molecule has 2 aromatic carbocycles. The number of aromatic nitrogens is 1. The van der Waals surface area contributed by atoms with Crippen molar-refractivity contribution in [2.24, 2.45) is 11.8 Å². The third-order valence-electron chi connectivity index (χ3n) is 8.20. The van der Waals surface area contributed by atoms with Gasteiger partial charge >= 0.3 is 6.09 Å². The quantitative estimate of drug-likeness (QED) is 0.194. The zero-order valence-electron chi connectivity index (χ0n) is 26.5. The molecule has 3 heterocycles. The molecule has 2 saturated heterocycles. The van der Waals surface area contributed by atoms with Crippen molar-refractivity contribution in [3.05, 3.63) is 59.8 Å². The van der Waals surface area contributed by atoms with E-state index in [4.69, 9.17) is 23.5 Å². The summed E-state index contributed by atoms with van der Waals surface area (Å²) in [4.78, 5) is 13.2. The van der Waals surface area contributed by atoms with Crippen molar-refractivity contribution in [2.45, 2.75) is 62.7 Å². The maximum absolute atomic E-state index is 14.1. The van der Waals surface area contributed by atoms with Crippen molar-refractivity contribution in [3.8, 4) is 0 Å². The van der Waals surface area contributed by atoms with Gasteiger partial charge in [0.1, 0.15) is 11.8 Å². The summed E-state index contributed by atoms with van der Waals surface area (Å²) in [5.74, 6) is -0.0874. The zero-order chi connectivity index (χ0) is 32.7. The Labute approximate surface area is 269 Å². The van der Waals surface area contributed by atoms with Gasteiger partial charge < -0.3 is 39.2 Å². The minimum Gasteiger partial charge on any atom is -0.443 e. The summed E-state index contributed by atoms with van der Waals surface area (Å²) in [5, 5.41) is 22.3. The first kappa shape index (κ1) is 34.2. The summed E-state index contributed by atoms with van der Waals surface area (Å²) < 4.78 is 56.8. The van der Waals surface area contributed by atoms with Crippen LogP contribution in [-0.2, 0) is 41.9 Å². The van der Waals surface area contributed by atoms with Gasteiger partial charge in [-0.1, -0.05) is 49.3 Å². The zero-order valence-corrected chi connectivity index (χ0v) is 27.3. The van der Waals surface area contributed by atoms with Crippen molar-refractivity contribution in [1.29, 1.82) is 0 Å². The molecule has 1 amide bonds. The highest BCUT2D eigenvalue weighted by molar-refractivity contribution is 7.89. The second-order valence-corrected chi connectivity index (χ2v) is 14.1. The number of nitrogens with zero attached hydrogens (tertiary/aromatic N) is 2. The van der Waals surface area contributed by atoms with Crippen molar-refractivity contribution in [1.82, 2.24) is 20.1 Å². The summed E-state index contributed by atoms with van der Waals surface area (Å²) >= 11 is 0. The van der Waals surface area contributed by atoms with E-state index in [1.54, 1.807) is 19.2 Å². The molecule has 3 N–H and O–H groups in total. The van der Waals surface area contributed by atoms with Gasteiger partial charge in [0.2, 0.25) is 10.0 Å². The first-order valence-electron chi connectivity index (χ1n) is 15.7. The Bertz CT molecular complexity index is 1530. The first-order valence-corrected chi connectivity index (χ1v) is 17.1. The maximum atomic E-state index is 14.1. The Hall–Kier alpha value is -3.11. The molecule has 46 heavy (non-hydrogen) atoms. The number of hydrogen-bond acceptors (Lipinski definition) is 11. The number of benzene rings is 2. The molecule has 2 aliphatic rings. The summed E-state index contributed by atoms with van der Waals surface area (Å²) in [6, 6.07) is 13.1. The van der Waals surface area contributed by atoms with Crippen LogP contribution in [0.1, 0.15) is 31.5 Å². The van der Waals surface area contributed by atoms with Crippen LogP contribution in [0.4, 0.5) is 4.79 Å². The lowest BCUT2D eigenvalue weighted by atomic mass is 10.0. The number of aliphatic hydroxyl groups excluding tert-OH is 1. The van der Waals surface area contributed by atoms with Gasteiger partial charge in [0.15, 0.2) is 11.9 Å². The van der Waals surface area contributed by atoms with Crippen molar-refractivity contribution >= 4 is 27.1 Å². The van der Waals surface area contributed by atoms with E-state index >= 15 is 0 Å². The average Bonchev–Trinajstić information content (AvgIpc) is 3.76. The van der Waals surface area contributed by atoms with Gasteiger partial charge in [0.05, 0.1) is 42.8 Å². The van der Waals surface area contributed by atoms with Crippen LogP contribution in [0.5, 0.6) is 0 Å². The Kier molecular flexibility index (Phi) is 11.6. The molecule has 0 unspecified atom stereocenters. The van der Waals surface area contributed by atoms with E-state index in [-0.39, 0.29) is 49.1 Å². The largest absolute Gasteiger partial charge is 0.443 e. The minimum atomic E-state index is -4.08. The van der Waals surface area contributed by atoms with Crippen molar-refractivity contribution in [2.75, 3.05) is 46.6 Å². The van der Waals surface area contributed by atoms with E-state index in [1.165, 1.54) is 10.4 Å². The number of alkyl carbamates (subject to hydrolysis) is 1. The molecule has 14 heteroatoms. The van der Waals surface area contributed by atoms with Crippen LogP contribution >= 0.6 is 0 Å². The highest BCUT2D eigenvalue weighted by Crippen LogP contribution is 2.33. The molecule has 0 radical (unpaired) electrons. The molecule has 2 aliphatic heterocycles. The predicted octanol–water partition coefficient (Wildman–Crippen LogP) is 2.67. The summed E-state index contributed by atoms with van der Waals surface area (Å²) in [7, 11) is -2.47. The fourth-order valence-electron chi connectivity index (χ4n) is 5.82. The van der Waals surface area contributed by atoms with E-state index in [0.717, 1.165) is 12.0 Å². The number of rotatable bonds is 16. The molecular formula is C32H44N4O9S. The van der Waals surface area contributed by atoms with Gasteiger partial charge in [-0.3, -0.25) is 0 Å². The van der Waals surface area contributed by atoms with Crippen LogP contribution in [0.3, 0.4) is 0 Å². The van der Waals surface area contributed by atoms with E-state index in [0.29, 0.717) is 43.0 Å². The first-order chi connectivity index (χ1) is 22.2. The SMILES string of the molecule is COCCNCc1noc2ccc(S(=O)(=O)N(CC(C)C)C[C@@H](O)[C@H](Cc3ccccc3)NC(=O)O[C@H]3CO[C@H]4OCC[C@H]43)cc12. The Morgan fingerprint density at radius 2 is 1.96 bits per heavy atom. The number of nitrogens with one attached hydrogen (secondary N) is 2. The number of ether oxygens (including phenoxy) is 4. The molecule has 0 saturated carbocycles. The number of fused-ring (bicyclic) bond motifs is 2. The van der Waals surface area contributed by atoms with E-state index in [9.17, 15) is 18.3 Å². The lowest BCUT2D eigenvalue weighted by Gasteiger charge is -2.31. The lowest BCUT2D eigenvalue weighted by molar-refractivity contribution is -0.0907. The summed E-state index contributed by atoms with van der Waals surface area (Å²) in [6.45, 7) is 5.97. The molecule has 13 nitrogen and oxygen atoms in total. The fraction of sp³-hybridized carbons (Fsp3) is 0.562. The number of carbonyl (C=O) groups excluding carboxylic acids is 1. The molecular weight excluding hydrogens is 616 g/mol. The molecule has 5 atom stereocenters. The number of aliphatic hydroxyl groups is 1. The molecule has 2 fully saturated rings. The van der Waals surface area contributed by atoms with Gasteiger partial charge in [0.25, 0.3) is 0 Å². The summed E-state index contributed by atoms with van der Waals surface area (Å²) in [6.07, 6.45) is -1.82. The highest BCUT2D eigenvalue weighted by atomic mass is 32.2. The Morgan fingerprint density at radius 3 is 2.72 bits per heavy atom. The molecule has 0 aliphatic carbocycles. The summed E-state index contributed by atoms with van der Waals surface area (Å²) in [5.41, 5.74) is 1.90. The smallest absolute Gasteiger partial charge is 0.407 e. The number of carbonyl (C=O) groups is 1. The number of hydrogen-bond donors (Lipinski definition) is 3. The van der Waals surface area contributed by atoms with Gasteiger partial charge in [-0.15, -0.1) is 0 Å². The molecule has 1 aromatic heterocycles. The third-order valence-corrected chi connectivity index (χ3v) is 10.0. The Balaban J connectivity index is 1.34. The number of sulfonamides is 1. The topological polar surface area (TPSA) is 162 Å². The van der Waals surface area contributed by atoms with Crippen molar-refractivity contribution < 1.29 is 41.8 Å².